The van der Waals surface area contributed by atoms with Gasteiger partial charge in [0, 0.05) is 35.1 Å². The van der Waals surface area contributed by atoms with Crippen molar-refractivity contribution < 1.29 is 18.7 Å². The Morgan fingerprint density at radius 2 is 1.94 bits per heavy atom. The van der Waals surface area contributed by atoms with E-state index >= 15 is 0 Å². The van der Waals surface area contributed by atoms with Crippen molar-refractivity contribution in [3.8, 4) is 0 Å². The van der Waals surface area contributed by atoms with Gasteiger partial charge in [-0.3, -0.25) is 4.79 Å². The first-order valence-electron chi connectivity index (χ1n) is 9.59. The molecule has 0 radical (unpaired) electrons. The number of hydrogen-bond donors (Lipinski definition) is 1. The predicted octanol–water partition coefficient (Wildman–Crippen LogP) is 5.30. The van der Waals surface area contributed by atoms with E-state index in [1.807, 2.05) is 24.3 Å². The number of nitrogens with one attached hydrogen (secondary N) is 1. The zero-order chi connectivity index (χ0) is 22.6. The molecule has 1 heterocycles. The van der Waals surface area contributed by atoms with Crippen molar-refractivity contribution in [1.82, 2.24) is 9.88 Å². The first kappa shape index (κ1) is 21.9. The highest BCUT2D eigenvalue weighted by Crippen LogP contribution is 2.25. The maximum Gasteiger partial charge on any atom is 0.407 e. The normalized spacial score (nSPS) is 11.1. The van der Waals surface area contributed by atoms with Crippen LogP contribution in [0.5, 0.6) is 0 Å². The van der Waals surface area contributed by atoms with E-state index in [0.29, 0.717) is 24.0 Å². The second kappa shape index (κ2) is 8.89. The zero-order valence-corrected chi connectivity index (χ0v) is 17.4. The molecule has 0 unspecified atom stereocenters. The Balaban J connectivity index is 1.83. The molecule has 0 bridgehead atoms. The average Bonchev–Trinajstić information content (AvgIpc) is 3.03. The number of carbonyl (C=O) groups excluding carboxylic acids is 2. The van der Waals surface area contributed by atoms with Gasteiger partial charge in [0.05, 0.1) is 5.56 Å². The smallest absolute Gasteiger partial charge is 0.407 e. The van der Waals surface area contributed by atoms with E-state index in [1.54, 1.807) is 37.6 Å². The molecule has 2 amide bonds. The van der Waals surface area contributed by atoms with Crippen LogP contribution in [0.3, 0.4) is 0 Å². The molecule has 1 aromatic heterocycles. The summed E-state index contributed by atoms with van der Waals surface area (Å²) >= 11 is 0. The number of hydrogen-bond acceptors (Lipinski definition) is 3. The highest BCUT2D eigenvalue weighted by atomic mass is 19.1. The van der Waals surface area contributed by atoms with Crippen LogP contribution >= 0.6 is 0 Å². The molecule has 9 heteroatoms. The number of benzene rings is 2. The molecule has 0 saturated heterocycles. The van der Waals surface area contributed by atoms with E-state index in [0.717, 1.165) is 11.1 Å². The Bertz CT molecular complexity index is 1190. The van der Waals surface area contributed by atoms with Crippen molar-refractivity contribution in [2.24, 2.45) is 5.11 Å². The fourth-order valence-corrected chi connectivity index (χ4v) is 3.19. The minimum atomic E-state index is -0.771. The third kappa shape index (κ3) is 5.61. The molecule has 0 atom stereocenters. The van der Waals surface area contributed by atoms with Crippen LogP contribution in [0.15, 0.2) is 53.8 Å². The average molecular weight is 423 g/mol. The van der Waals surface area contributed by atoms with Crippen molar-refractivity contribution in [2.75, 3.05) is 0 Å². The van der Waals surface area contributed by atoms with Gasteiger partial charge in [-0.2, -0.15) is 0 Å². The van der Waals surface area contributed by atoms with E-state index in [1.165, 1.54) is 12.1 Å². The summed E-state index contributed by atoms with van der Waals surface area (Å²) < 4.78 is 20.8. The van der Waals surface area contributed by atoms with Crippen molar-refractivity contribution in [1.29, 1.82) is 0 Å². The maximum atomic E-state index is 13.7. The molecule has 0 fully saturated rings. The number of alkyl carbamates (subject to hydrolysis) is 1. The van der Waals surface area contributed by atoms with Gasteiger partial charge in [0.1, 0.15) is 11.4 Å². The van der Waals surface area contributed by atoms with Gasteiger partial charge < -0.3 is 14.6 Å². The summed E-state index contributed by atoms with van der Waals surface area (Å²) in [5.41, 5.74) is 10.5. The SMILES string of the molecule is CC(C)(C)OC(=O)NCc1cccc(Cn2cc(C(=O)N=[N+]=[N-])c3cc(F)ccc32)c1. The van der Waals surface area contributed by atoms with E-state index < -0.39 is 23.4 Å². The van der Waals surface area contributed by atoms with Crippen LogP contribution in [0, 0.1) is 5.82 Å². The second-order valence-electron chi connectivity index (χ2n) is 8.00. The Morgan fingerprint density at radius 3 is 2.65 bits per heavy atom. The molecule has 2 aromatic carbocycles. The monoisotopic (exact) mass is 423 g/mol. The minimum Gasteiger partial charge on any atom is -0.444 e. The molecule has 0 aliphatic carbocycles. The lowest BCUT2D eigenvalue weighted by Gasteiger charge is -2.19. The quantitative estimate of drug-likeness (QED) is 0.341. The van der Waals surface area contributed by atoms with Crippen LogP contribution in [0.1, 0.15) is 42.3 Å². The van der Waals surface area contributed by atoms with Gasteiger partial charge in [-0.1, -0.05) is 24.3 Å². The molecule has 0 aliphatic rings. The lowest BCUT2D eigenvalue weighted by Crippen LogP contribution is -2.32. The Labute approximate surface area is 178 Å². The van der Waals surface area contributed by atoms with E-state index in [-0.39, 0.29) is 5.56 Å². The summed E-state index contributed by atoms with van der Waals surface area (Å²) in [7, 11) is 0. The molecule has 3 rings (SSSR count). The molecule has 0 saturated carbocycles. The highest BCUT2D eigenvalue weighted by Gasteiger charge is 2.17. The van der Waals surface area contributed by atoms with E-state index in [2.05, 4.69) is 15.3 Å². The predicted molar refractivity (Wildman–Crippen MR) is 114 cm³/mol. The number of rotatable bonds is 5. The number of amides is 2. The van der Waals surface area contributed by atoms with Gasteiger partial charge >= 0.3 is 6.09 Å². The first-order valence-corrected chi connectivity index (χ1v) is 9.59. The Morgan fingerprint density at radius 1 is 1.19 bits per heavy atom. The van der Waals surface area contributed by atoms with Crippen molar-refractivity contribution >= 4 is 22.9 Å². The Hall–Kier alpha value is -3.84. The van der Waals surface area contributed by atoms with Gasteiger partial charge in [0.15, 0.2) is 0 Å². The van der Waals surface area contributed by atoms with Crippen molar-refractivity contribution in [3.05, 3.63) is 81.6 Å². The number of azide groups is 1. The standard InChI is InChI=1S/C22H22FN5O3/c1-22(2,3)31-21(30)25-11-14-5-4-6-15(9-14)12-28-13-18(20(29)26-27-24)17-10-16(23)7-8-19(17)28/h4-10,13H,11-12H2,1-3H3,(H,25,30). The van der Waals surface area contributed by atoms with Crippen molar-refractivity contribution in [2.45, 2.75) is 39.5 Å². The molecule has 1 N–H and O–H groups in total. The van der Waals surface area contributed by atoms with Gasteiger partial charge in [0.2, 0.25) is 0 Å². The number of halogens is 1. The lowest BCUT2D eigenvalue weighted by atomic mass is 10.1. The molecule has 160 valence electrons. The van der Waals surface area contributed by atoms with Crippen LogP contribution in [-0.4, -0.2) is 22.2 Å². The molecule has 3 aromatic rings. The van der Waals surface area contributed by atoms with Crippen LogP contribution in [0.25, 0.3) is 21.3 Å². The second-order valence-corrected chi connectivity index (χ2v) is 8.00. The summed E-state index contributed by atoms with van der Waals surface area (Å²) in [6, 6.07) is 11.7. The third-order valence-electron chi connectivity index (χ3n) is 4.39. The molecule has 0 spiro atoms. The van der Waals surface area contributed by atoms with Gasteiger partial charge in [-0.05, 0) is 60.7 Å². The number of ether oxygens (including phenoxy) is 1. The number of aromatic nitrogens is 1. The number of fused-ring (bicyclic) bond motifs is 1. The summed E-state index contributed by atoms with van der Waals surface area (Å²) in [4.78, 5) is 26.5. The highest BCUT2D eigenvalue weighted by molar-refractivity contribution is 6.07. The minimum absolute atomic E-state index is 0.134. The molecule has 8 nitrogen and oxygen atoms in total. The van der Waals surface area contributed by atoms with Gasteiger partial charge in [0.25, 0.3) is 5.91 Å². The Kier molecular flexibility index (Phi) is 6.27. The maximum absolute atomic E-state index is 13.7. The molecular formula is C22H22FN5O3. The fraction of sp³-hybridized carbons (Fsp3) is 0.273. The summed E-state index contributed by atoms with van der Waals surface area (Å²) in [6.45, 7) is 6.07. The van der Waals surface area contributed by atoms with Gasteiger partial charge in [-0.25, -0.2) is 9.18 Å². The molecular weight excluding hydrogens is 401 g/mol. The van der Waals surface area contributed by atoms with E-state index in [9.17, 15) is 14.0 Å². The first-order chi connectivity index (χ1) is 14.7. The summed E-state index contributed by atoms with van der Waals surface area (Å²) in [6.07, 6.45) is 1.05. The topological polar surface area (TPSA) is 109 Å². The molecule has 0 aliphatic heterocycles. The van der Waals surface area contributed by atoms with Crippen LogP contribution < -0.4 is 5.32 Å². The largest absolute Gasteiger partial charge is 0.444 e. The van der Waals surface area contributed by atoms with E-state index in [4.69, 9.17) is 10.3 Å². The zero-order valence-electron chi connectivity index (χ0n) is 17.4. The van der Waals surface area contributed by atoms with Crippen LogP contribution in [0.4, 0.5) is 9.18 Å². The lowest BCUT2D eigenvalue weighted by molar-refractivity contribution is 0.0523. The van der Waals surface area contributed by atoms with Crippen molar-refractivity contribution in [3.63, 3.8) is 0 Å². The summed E-state index contributed by atoms with van der Waals surface area (Å²) in [5.74, 6) is -1.26. The molecule has 31 heavy (non-hydrogen) atoms. The number of nitrogens with zero attached hydrogens (tertiary/aromatic N) is 4. The van der Waals surface area contributed by atoms with Crippen LogP contribution in [0.2, 0.25) is 0 Å². The fourth-order valence-electron chi connectivity index (χ4n) is 3.19. The summed E-state index contributed by atoms with van der Waals surface area (Å²) in [5, 5.41) is 6.22. The number of carbonyl (C=O) groups is 2. The van der Waals surface area contributed by atoms with Crippen LogP contribution in [-0.2, 0) is 17.8 Å². The third-order valence-corrected chi connectivity index (χ3v) is 4.39. The van der Waals surface area contributed by atoms with Gasteiger partial charge in [-0.15, -0.1) is 0 Å².